The smallest absolute Gasteiger partial charge is 0.306 e. The van der Waals surface area contributed by atoms with E-state index in [1.807, 2.05) is 6.08 Å². The summed E-state index contributed by atoms with van der Waals surface area (Å²) in [6.07, 6.45) is 87.4. The van der Waals surface area contributed by atoms with Gasteiger partial charge in [-0.2, -0.15) is 0 Å². The normalized spacial score (nSPS) is 13.1. The topological polar surface area (TPSA) is 78.9 Å². The second-order valence-electron chi connectivity index (χ2n) is 19.9. The molecule has 0 amide bonds. The number of esters is 3. The lowest BCUT2D eigenvalue weighted by Gasteiger charge is -2.18. The summed E-state index contributed by atoms with van der Waals surface area (Å²) in [6, 6.07) is 0. The van der Waals surface area contributed by atoms with Crippen molar-refractivity contribution in [2.75, 3.05) is 13.2 Å². The SMILES string of the molecule is CC/C=C\C/C=C\C/C=C\C/C=C\C/C=C\C/C=C\CCC(=O)OC(COC(=O)CCCCCCCCC/C=C\C/C=C\C/C=C\C/C=C\C/C=C\CC)COC(=O)CCCCCCCCCCCCCCCCC. The van der Waals surface area contributed by atoms with E-state index in [0.29, 0.717) is 19.3 Å². The van der Waals surface area contributed by atoms with Crippen LogP contribution in [0.2, 0.25) is 0 Å². The molecule has 0 heterocycles. The van der Waals surface area contributed by atoms with Gasteiger partial charge < -0.3 is 14.2 Å². The third-order valence-corrected chi connectivity index (χ3v) is 12.7. The van der Waals surface area contributed by atoms with E-state index in [4.69, 9.17) is 14.2 Å². The molecule has 0 aliphatic rings. The first-order valence-electron chi connectivity index (χ1n) is 30.7. The van der Waals surface area contributed by atoms with Gasteiger partial charge in [0.1, 0.15) is 13.2 Å². The number of unbranched alkanes of at least 4 members (excludes halogenated alkanes) is 21. The van der Waals surface area contributed by atoms with Crippen LogP contribution in [0.4, 0.5) is 0 Å². The van der Waals surface area contributed by atoms with Gasteiger partial charge >= 0.3 is 17.9 Å². The molecule has 0 radical (unpaired) electrons. The van der Waals surface area contributed by atoms with Gasteiger partial charge in [0, 0.05) is 19.3 Å². The molecule has 0 saturated carbocycles. The number of carbonyl (C=O) groups excluding carboxylic acids is 3. The molecule has 0 aromatic heterocycles. The van der Waals surface area contributed by atoms with Crippen molar-refractivity contribution in [3.63, 3.8) is 0 Å². The number of hydrogen-bond donors (Lipinski definition) is 0. The number of carbonyl (C=O) groups is 3. The van der Waals surface area contributed by atoms with E-state index in [0.717, 1.165) is 116 Å². The summed E-state index contributed by atoms with van der Waals surface area (Å²) in [7, 11) is 0. The Labute approximate surface area is 462 Å². The quantitative estimate of drug-likeness (QED) is 0.0261. The summed E-state index contributed by atoms with van der Waals surface area (Å²) in [6.45, 7) is 6.35. The van der Waals surface area contributed by atoms with Crippen molar-refractivity contribution in [1.29, 1.82) is 0 Å². The van der Waals surface area contributed by atoms with E-state index in [1.165, 1.54) is 103 Å². The van der Waals surface area contributed by atoms with Crippen molar-refractivity contribution in [2.24, 2.45) is 0 Å². The molecular formula is C69H112O6. The van der Waals surface area contributed by atoms with Crippen molar-refractivity contribution in [1.82, 2.24) is 0 Å². The van der Waals surface area contributed by atoms with Crippen molar-refractivity contribution in [3.05, 3.63) is 134 Å². The lowest BCUT2D eigenvalue weighted by atomic mass is 10.0. The Kier molecular flexibility index (Phi) is 58.4. The van der Waals surface area contributed by atoms with E-state index >= 15 is 0 Å². The summed E-state index contributed by atoms with van der Waals surface area (Å²) in [4.78, 5) is 38.2. The molecule has 0 aliphatic carbocycles. The molecule has 6 heteroatoms. The van der Waals surface area contributed by atoms with E-state index in [-0.39, 0.29) is 31.6 Å². The van der Waals surface area contributed by atoms with Crippen LogP contribution in [0.5, 0.6) is 0 Å². The molecule has 0 aromatic carbocycles. The van der Waals surface area contributed by atoms with Gasteiger partial charge in [-0.1, -0.05) is 276 Å². The van der Waals surface area contributed by atoms with Crippen LogP contribution in [-0.2, 0) is 28.6 Å². The van der Waals surface area contributed by atoms with Crippen molar-refractivity contribution >= 4 is 17.9 Å². The third kappa shape index (κ3) is 60.3. The fourth-order valence-corrected chi connectivity index (χ4v) is 8.14. The number of ether oxygens (including phenoxy) is 3. The van der Waals surface area contributed by atoms with Crippen LogP contribution in [0.25, 0.3) is 0 Å². The van der Waals surface area contributed by atoms with Crippen LogP contribution in [0.3, 0.4) is 0 Å². The van der Waals surface area contributed by atoms with Crippen LogP contribution in [0.1, 0.15) is 265 Å². The largest absolute Gasteiger partial charge is 0.462 e. The lowest BCUT2D eigenvalue weighted by molar-refractivity contribution is -0.166. The first-order chi connectivity index (χ1) is 37.0. The maximum Gasteiger partial charge on any atom is 0.306 e. The standard InChI is InChI=1S/C69H112O6/c1-4-7-10-13-16-19-22-25-28-30-32-33-34-35-37-38-41-44-47-50-53-56-59-62-68(71)74-65-66(64-73-67(70)61-58-55-52-49-46-43-40-27-24-21-18-15-12-9-6-3)75-69(72)63-60-57-54-51-48-45-42-39-36-31-29-26-23-20-17-14-11-8-5-2/h7-8,10-11,16-17,19-20,25-26,28-29,32-33,35-37,39,45,48,54,57,66H,4-6,9,12-15,18,21-24,27,30-31,34,38,40-44,46-47,49-53,55-56,58-65H2,1-3H3/b10-7-,11-8-,19-16-,20-17-,28-25-,29-26-,33-32-,37-35-,39-36-,48-45-,57-54-. The molecule has 424 valence electrons. The summed E-state index contributed by atoms with van der Waals surface area (Å²) in [5.41, 5.74) is 0. The average molecular weight is 1040 g/mol. The number of rotatable bonds is 54. The average Bonchev–Trinajstić information content (AvgIpc) is 3.41. The Morgan fingerprint density at radius 3 is 0.867 bits per heavy atom. The fourth-order valence-electron chi connectivity index (χ4n) is 8.14. The lowest BCUT2D eigenvalue weighted by Crippen LogP contribution is -2.30. The van der Waals surface area contributed by atoms with Gasteiger partial charge in [0.2, 0.25) is 0 Å². The van der Waals surface area contributed by atoms with Gasteiger partial charge in [-0.15, -0.1) is 0 Å². The van der Waals surface area contributed by atoms with Gasteiger partial charge in [0.05, 0.1) is 0 Å². The highest BCUT2D eigenvalue weighted by molar-refractivity contribution is 5.71. The maximum absolute atomic E-state index is 12.9. The maximum atomic E-state index is 12.9. The molecule has 0 bridgehead atoms. The van der Waals surface area contributed by atoms with Crippen molar-refractivity contribution in [3.8, 4) is 0 Å². The second kappa shape index (κ2) is 62.1. The molecule has 75 heavy (non-hydrogen) atoms. The molecule has 6 nitrogen and oxygen atoms in total. The molecule has 0 fully saturated rings. The first-order valence-corrected chi connectivity index (χ1v) is 30.7. The zero-order valence-corrected chi connectivity index (χ0v) is 48.5. The highest BCUT2D eigenvalue weighted by Gasteiger charge is 2.19. The first kappa shape index (κ1) is 70.5. The zero-order valence-electron chi connectivity index (χ0n) is 48.5. The van der Waals surface area contributed by atoms with Crippen LogP contribution >= 0.6 is 0 Å². The van der Waals surface area contributed by atoms with Gasteiger partial charge in [0.15, 0.2) is 6.10 Å². The molecule has 0 spiro atoms. The highest BCUT2D eigenvalue weighted by Crippen LogP contribution is 2.15. The minimum absolute atomic E-state index is 0.114. The Hall–Kier alpha value is -4.45. The van der Waals surface area contributed by atoms with E-state index < -0.39 is 12.1 Å². The second-order valence-corrected chi connectivity index (χ2v) is 19.9. The Morgan fingerprint density at radius 2 is 0.547 bits per heavy atom. The monoisotopic (exact) mass is 1040 g/mol. The summed E-state index contributed by atoms with van der Waals surface area (Å²) in [5.74, 6) is -1.01. The molecule has 0 N–H and O–H groups in total. The van der Waals surface area contributed by atoms with E-state index in [9.17, 15) is 14.4 Å². The summed E-state index contributed by atoms with van der Waals surface area (Å²) < 4.78 is 16.8. The van der Waals surface area contributed by atoms with Crippen LogP contribution in [0, 0.1) is 0 Å². The Balaban J connectivity index is 4.51. The van der Waals surface area contributed by atoms with Gasteiger partial charge in [-0.25, -0.2) is 0 Å². The molecular weight excluding hydrogens is 925 g/mol. The predicted octanol–water partition coefficient (Wildman–Crippen LogP) is 21.0. The van der Waals surface area contributed by atoms with Crippen molar-refractivity contribution in [2.45, 2.75) is 271 Å². The van der Waals surface area contributed by atoms with Gasteiger partial charge in [-0.05, 0) is 103 Å². The summed E-state index contributed by atoms with van der Waals surface area (Å²) in [5, 5.41) is 0. The number of allylic oxidation sites excluding steroid dienone is 22. The molecule has 0 saturated heterocycles. The molecule has 1 unspecified atom stereocenters. The van der Waals surface area contributed by atoms with Crippen molar-refractivity contribution < 1.29 is 28.6 Å². The van der Waals surface area contributed by atoms with Crippen LogP contribution in [-0.4, -0.2) is 37.2 Å². The highest BCUT2D eigenvalue weighted by atomic mass is 16.6. The van der Waals surface area contributed by atoms with Crippen LogP contribution < -0.4 is 0 Å². The fraction of sp³-hybridized carbons (Fsp3) is 0.638. The number of hydrogen-bond acceptors (Lipinski definition) is 6. The van der Waals surface area contributed by atoms with E-state index in [1.54, 1.807) is 0 Å². The Bertz CT molecular complexity index is 1620. The van der Waals surface area contributed by atoms with Crippen LogP contribution in [0.15, 0.2) is 134 Å². The summed E-state index contributed by atoms with van der Waals surface area (Å²) >= 11 is 0. The van der Waals surface area contributed by atoms with Gasteiger partial charge in [0.25, 0.3) is 0 Å². The van der Waals surface area contributed by atoms with E-state index in [2.05, 4.69) is 148 Å². The zero-order chi connectivity index (χ0) is 54.3. The predicted molar refractivity (Wildman–Crippen MR) is 325 cm³/mol. The minimum atomic E-state index is -0.827. The minimum Gasteiger partial charge on any atom is -0.462 e. The molecule has 0 rings (SSSR count). The Morgan fingerprint density at radius 1 is 0.280 bits per heavy atom. The van der Waals surface area contributed by atoms with Gasteiger partial charge in [-0.3, -0.25) is 14.4 Å². The molecule has 0 aliphatic heterocycles. The molecule has 1 atom stereocenters. The molecule has 0 aromatic rings. The third-order valence-electron chi connectivity index (χ3n) is 12.7.